The summed E-state index contributed by atoms with van der Waals surface area (Å²) >= 11 is 0. The second kappa shape index (κ2) is 6.68. The maximum absolute atomic E-state index is 12.1. The lowest BCUT2D eigenvalue weighted by Gasteiger charge is -2.26. The molecule has 1 N–H and O–H groups in total. The van der Waals surface area contributed by atoms with Crippen LogP contribution in [0, 0.1) is 6.92 Å². The molecule has 7 heteroatoms. The Morgan fingerprint density at radius 1 is 1.39 bits per heavy atom. The summed E-state index contributed by atoms with van der Waals surface area (Å²) < 4.78 is 6.85. The first-order valence-electron chi connectivity index (χ1n) is 7.75. The molecule has 7 nitrogen and oxygen atoms in total. The summed E-state index contributed by atoms with van der Waals surface area (Å²) in [7, 11) is 0. The summed E-state index contributed by atoms with van der Waals surface area (Å²) in [4.78, 5) is 29.7. The fourth-order valence-electron chi connectivity index (χ4n) is 2.73. The SMILES string of the molecule is Cc1nc2ccccc2n1CC(=O)NCCN1CCCOC1=O. The number of carbonyl (C=O) groups is 2. The number of imidazole rings is 1. The van der Waals surface area contributed by atoms with Crippen molar-refractivity contribution >= 4 is 23.0 Å². The van der Waals surface area contributed by atoms with Crippen molar-refractivity contribution in [3.05, 3.63) is 30.1 Å². The number of nitrogens with one attached hydrogen (secondary N) is 1. The molecule has 0 bridgehead atoms. The topological polar surface area (TPSA) is 76.5 Å². The zero-order valence-electron chi connectivity index (χ0n) is 13.1. The van der Waals surface area contributed by atoms with E-state index in [1.54, 1.807) is 4.90 Å². The molecule has 0 saturated carbocycles. The zero-order valence-corrected chi connectivity index (χ0v) is 13.1. The second-order valence-corrected chi connectivity index (χ2v) is 5.54. The average molecular weight is 316 g/mol. The first-order valence-corrected chi connectivity index (χ1v) is 7.75. The van der Waals surface area contributed by atoms with Gasteiger partial charge >= 0.3 is 6.09 Å². The molecule has 2 amide bonds. The molecular formula is C16H20N4O3. The fourth-order valence-corrected chi connectivity index (χ4v) is 2.73. The Bertz CT molecular complexity index is 725. The Hall–Kier alpha value is -2.57. The fraction of sp³-hybridized carbons (Fsp3) is 0.438. The van der Waals surface area contributed by atoms with Crippen molar-refractivity contribution in [1.29, 1.82) is 0 Å². The van der Waals surface area contributed by atoms with E-state index in [2.05, 4.69) is 10.3 Å². The van der Waals surface area contributed by atoms with Crippen molar-refractivity contribution in [2.45, 2.75) is 19.9 Å². The molecule has 1 aliphatic heterocycles. The van der Waals surface area contributed by atoms with Crippen LogP contribution < -0.4 is 5.32 Å². The number of hydrogen-bond donors (Lipinski definition) is 1. The van der Waals surface area contributed by atoms with E-state index in [0.29, 0.717) is 26.2 Å². The highest BCUT2D eigenvalue weighted by molar-refractivity contribution is 5.81. The molecule has 0 spiro atoms. The number of aryl methyl sites for hydroxylation is 1. The number of hydrogen-bond acceptors (Lipinski definition) is 4. The van der Waals surface area contributed by atoms with Crippen LogP contribution in [0.5, 0.6) is 0 Å². The molecule has 2 heterocycles. The van der Waals surface area contributed by atoms with E-state index in [0.717, 1.165) is 23.3 Å². The van der Waals surface area contributed by atoms with Gasteiger partial charge in [0.1, 0.15) is 12.4 Å². The second-order valence-electron chi connectivity index (χ2n) is 5.54. The highest BCUT2D eigenvalue weighted by Crippen LogP contribution is 2.14. The molecule has 2 aromatic rings. The van der Waals surface area contributed by atoms with Crippen molar-refractivity contribution in [2.24, 2.45) is 0 Å². The van der Waals surface area contributed by atoms with E-state index in [4.69, 9.17) is 4.74 Å². The highest BCUT2D eigenvalue weighted by Gasteiger charge is 2.19. The summed E-state index contributed by atoms with van der Waals surface area (Å²) in [6, 6.07) is 7.74. The minimum Gasteiger partial charge on any atom is -0.449 e. The molecule has 3 rings (SSSR count). The van der Waals surface area contributed by atoms with E-state index >= 15 is 0 Å². The van der Waals surface area contributed by atoms with Crippen LogP contribution in [0.2, 0.25) is 0 Å². The van der Waals surface area contributed by atoms with Gasteiger partial charge in [-0.15, -0.1) is 0 Å². The van der Waals surface area contributed by atoms with Gasteiger partial charge in [-0.3, -0.25) is 4.79 Å². The number of benzene rings is 1. The van der Waals surface area contributed by atoms with Gasteiger partial charge in [0.15, 0.2) is 0 Å². The largest absolute Gasteiger partial charge is 0.449 e. The smallest absolute Gasteiger partial charge is 0.409 e. The number of cyclic esters (lactones) is 1. The summed E-state index contributed by atoms with van der Waals surface area (Å²) in [6.45, 7) is 4.15. The number of amides is 2. The number of para-hydroxylation sites is 2. The number of aromatic nitrogens is 2. The molecule has 0 unspecified atom stereocenters. The molecule has 1 aromatic carbocycles. The van der Waals surface area contributed by atoms with Crippen LogP contribution in [0.4, 0.5) is 4.79 Å². The Labute approximate surface area is 134 Å². The summed E-state index contributed by atoms with van der Waals surface area (Å²) in [5.41, 5.74) is 1.83. The lowest BCUT2D eigenvalue weighted by molar-refractivity contribution is -0.121. The van der Waals surface area contributed by atoms with E-state index in [1.807, 2.05) is 35.8 Å². The van der Waals surface area contributed by atoms with Crippen molar-refractivity contribution < 1.29 is 14.3 Å². The molecule has 122 valence electrons. The molecule has 1 fully saturated rings. The van der Waals surface area contributed by atoms with Crippen molar-refractivity contribution in [1.82, 2.24) is 19.8 Å². The lowest BCUT2D eigenvalue weighted by atomic mass is 10.3. The molecule has 0 atom stereocenters. The van der Waals surface area contributed by atoms with Gasteiger partial charge in [-0.2, -0.15) is 0 Å². The van der Waals surface area contributed by atoms with Crippen molar-refractivity contribution in [2.75, 3.05) is 26.2 Å². The molecule has 1 aromatic heterocycles. The van der Waals surface area contributed by atoms with Crippen LogP contribution in [0.15, 0.2) is 24.3 Å². The van der Waals surface area contributed by atoms with Crippen LogP contribution >= 0.6 is 0 Å². The molecule has 1 saturated heterocycles. The normalized spacial score (nSPS) is 14.8. The molecule has 23 heavy (non-hydrogen) atoms. The first kappa shape index (κ1) is 15.3. The number of nitrogens with zero attached hydrogens (tertiary/aromatic N) is 3. The first-order chi connectivity index (χ1) is 11.1. The van der Waals surface area contributed by atoms with Crippen LogP contribution in [-0.2, 0) is 16.1 Å². The van der Waals surface area contributed by atoms with E-state index in [9.17, 15) is 9.59 Å². The summed E-state index contributed by atoms with van der Waals surface area (Å²) in [5, 5.41) is 2.84. The van der Waals surface area contributed by atoms with Crippen molar-refractivity contribution in [3.63, 3.8) is 0 Å². The average Bonchev–Trinajstić information content (AvgIpc) is 2.85. The quantitative estimate of drug-likeness (QED) is 0.902. The zero-order chi connectivity index (χ0) is 16.2. The van der Waals surface area contributed by atoms with Gasteiger partial charge in [0.2, 0.25) is 5.91 Å². The highest BCUT2D eigenvalue weighted by atomic mass is 16.6. The van der Waals surface area contributed by atoms with Gasteiger partial charge in [-0.1, -0.05) is 12.1 Å². The van der Waals surface area contributed by atoms with E-state index < -0.39 is 0 Å². The molecule has 0 radical (unpaired) electrons. The minimum atomic E-state index is -0.304. The van der Waals surface area contributed by atoms with Gasteiger partial charge in [-0.25, -0.2) is 9.78 Å². The predicted octanol–water partition coefficient (Wildman–Crippen LogP) is 1.30. The monoisotopic (exact) mass is 316 g/mol. The van der Waals surface area contributed by atoms with Gasteiger partial charge in [0.25, 0.3) is 0 Å². The summed E-state index contributed by atoms with van der Waals surface area (Å²) in [6.07, 6.45) is 0.529. The number of fused-ring (bicyclic) bond motifs is 1. The Kier molecular flexibility index (Phi) is 4.45. The molecule has 0 aliphatic carbocycles. The van der Waals surface area contributed by atoms with Crippen LogP contribution in [-0.4, -0.2) is 52.7 Å². The van der Waals surface area contributed by atoms with Crippen LogP contribution in [0.25, 0.3) is 11.0 Å². The number of ether oxygens (including phenoxy) is 1. The van der Waals surface area contributed by atoms with Crippen molar-refractivity contribution in [3.8, 4) is 0 Å². The van der Waals surface area contributed by atoms with E-state index in [1.165, 1.54) is 0 Å². The third kappa shape index (κ3) is 3.44. The third-order valence-electron chi connectivity index (χ3n) is 3.91. The predicted molar refractivity (Wildman–Crippen MR) is 85.0 cm³/mol. The maximum Gasteiger partial charge on any atom is 0.409 e. The van der Waals surface area contributed by atoms with Crippen LogP contribution in [0.3, 0.4) is 0 Å². The van der Waals surface area contributed by atoms with Gasteiger partial charge in [0, 0.05) is 19.6 Å². The number of rotatable bonds is 5. The number of carbonyl (C=O) groups excluding carboxylic acids is 2. The van der Waals surface area contributed by atoms with Crippen LogP contribution in [0.1, 0.15) is 12.2 Å². The Balaban J connectivity index is 1.54. The van der Waals surface area contributed by atoms with E-state index in [-0.39, 0.29) is 18.5 Å². The molecular weight excluding hydrogens is 296 g/mol. The van der Waals surface area contributed by atoms with Gasteiger partial charge < -0.3 is 19.5 Å². The molecule has 1 aliphatic rings. The lowest BCUT2D eigenvalue weighted by Crippen LogP contribution is -2.43. The maximum atomic E-state index is 12.1. The minimum absolute atomic E-state index is 0.0957. The van der Waals surface area contributed by atoms with Gasteiger partial charge in [-0.05, 0) is 25.5 Å². The Morgan fingerprint density at radius 3 is 3.04 bits per heavy atom. The third-order valence-corrected chi connectivity index (χ3v) is 3.91. The van der Waals surface area contributed by atoms with Gasteiger partial charge in [0.05, 0.1) is 17.6 Å². The standard InChI is InChI=1S/C16H20N4O3/c1-12-18-13-5-2-3-6-14(13)20(12)11-15(21)17-7-9-19-8-4-10-23-16(19)22/h2-3,5-6H,4,7-11H2,1H3,(H,17,21). The Morgan fingerprint density at radius 2 is 2.22 bits per heavy atom. The summed E-state index contributed by atoms with van der Waals surface area (Å²) in [5.74, 6) is 0.711.